The van der Waals surface area contributed by atoms with Crippen molar-refractivity contribution < 1.29 is 9.53 Å². The second-order valence-corrected chi connectivity index (χ2v) is 7.03. The molecule has 2 aliphatic rings. The Morgan fingerprint density at radius 1 is 1.39 bits per heavy atom. The Balaban J connectivity index is 0.00000280. The van der Waals surface area contributed by atoms with Gasteiger partial charge in [-0.05, 0) is 13.8 Å². The van der Waals surface area contributed by atoms with Crippen molar-refractivity contribution in [1.82, 2.24) is 24.9 Å². The third kappa shape index (κ3) is 5.80. The molecule has 1 unspecified atom stereocenters. The molecule has 1 amide bonds. The number of carbonyl (C=O) groups is 1. The lowest BCUT2D eigenvalue weighted by Gasteiger charge is -2.36. The molecule has 3 rings (SSSR count). The zero-order valence-corrected chi connectivity index (χ0v) is 19.3. The molecule has 0 aromatic carbocycles. The normalized spacial score (nSPS) is 21.6. The number of anilines is 1. The molecule has 0 radical (unpaired) electrons. The highest BCUT2D eigenvalue weighted by atomic mass is 127. The van der Waals surface area contributed by atoms with E-state index >= 15 is 0 Å². The highest BCUT2D eigenvalue weighted by molar-refractivity contribution is 14.0. The lowest BCUT2D eigenvalue weighted by molar-refractivity contribution is -0.120. The summed E-state index contributed by atoms with van der Waals surface area (Å²) in [5.74, 6) is 0.888. The van der Waals surface area contributed by atoms with E-state index in [0.29, 0.717) is 25.7 Å². The van der Waals surface area contributed by atoms with Gasteiger partial charge in [-0.15, -0.1) is 24.0 Å². The Labute approximate surface area is 184 Å². The van der Waals surface area contributed by atoms with Crippen molar-refractivity contribution in [3.8, 4) is 0 Å². The van der Waals surface area contributed by atoms with Gasteiger partial charge in [0, 0.05) is 52.0 Å². The number of piperazine rings is 1. The van der Waals surface area contributed by atoms with Gasteiger partial charge in [0.2, 0.25) is 5.91 Å². The highest BCUT2D eigenvalue weighted by Gasteiger charge is 2.27. The molecule has 0 bridgehead atoms. The first kappa shape index (κ1) is 22.9. The van der Waals surface area contributed by atoms with Crippen molar-refractivity contribution in [3.05, 3.63) is 12.4 Å². The average Bonchev–Trinajstić information content (AvgIpc) is 3.08. The second kappa shape index (κ2) is 11.0. The Hall–Kier alpha value is -1.40. The molecule has 1 atom stereocenters. The Morgan fingerprint density at radius 3 is 2.86 bits per heavy atom. The largest absolute Gasteiger partial charge is 0.379 e. The van der Waals surface area contributed by atoms with Crippen LogP contribution in [-0.4, -0.2) is 96.5 Å². The number of aromatic nitrogens is 2. The number of halogens is 1. The van der Waals surface area contributed by atoms with Crippen LogP contribution in [0, 0.1) is 0 Å². The van der Waals surface area contributed by atoms with Crippen LogP contribution in [0.4, 0.5) is 5.69 Å². The number of nitrogens with one attached hydrogen (secondary N) is 1. The number of hydrogen-bond donors (Lipinski definition) is 1. The van der Waals surface area contributed by atoms with E-state index < -0.39 is 0 Å². The van der Waals surface area contributed by atoms with E-state index in [1.165, 1.54) is 0 Å². The van der Waals surface area contributed by atoms with Crippen LogP contribution < -0.4 is 10.2 Å². The van der Waals surface area contributed by atoms with E-state index in [4.69, 9.17) is 9.73 Å². The summed E-state index contributed by atoms with van der Waals surface area (Å²) in [6, 6.07) is 0.432. The minimum absolute atomic E-state index is 0. The average molecular weight is 505 g/mol. The maximum atomic E-state index is 12.6. The van der Waals surface area contributed by atoms with Crippen LogP contribution in [0.3, 0.4) is 0 Å². The Bertz CT molecular complexity index is 666. The van der Waals surface area contributed by atoms with Gasteiger partial charge in [-0.2, -0.15) is 5.10 Å². The number of aryl methyl sites for hydroxylation is 1. The number of amides is 1. The molecule has 158 valence electrons. The molecule has 1 aromatic rings. The molecule has 28 heavy (non-hydrogen) atoms. The van der Waals surface area contributed by atoms with E-state index in [2.05, 4.69) is 22.2 Å². The molecule has 1 N–H and O–H groups in total. The number of ether oxygens (including phenoxy) is 1. The standard InChI is InChI=1S/C18H31N7O2.HI/c1-4-19-18(20-5-6-23-9-10-27-14-15(23)2)24-7-8-25(17(26)13-24)16-11-21-22(3)12-16;/h11-12,15H,4-10,13-14H2,1-3H3,(H,19,20);1H. The quantitative estimate of drug-likeness (QED) is 0.354. The minimum Gasteiger partial charge on any atom is -0.379 e. The molecule has 9 nitrogen and oxygen atoms in total. The van der Waals surface area contributed by atoms with E-state index in [-0.39, 0.29) is 29.9 Å². The van der Waals surface area contributed by atoms with Crippen molar-refractivity contribution >= 4 is 41.5 Å². The Kier molecular flexibility index (Phi) is 8.96. The molecule has 3 heterocycles. The van der Waals surface area contributed by atoms with Gasteiger partial charge in [-0.25, -0.2) is 0 Å². The van der Waals surface area contributed by atoms with Crippen LogP contribution in [0.1, 0.15) is 13.8 Å². The molecule has 0 saturated carbocycles. The lowest BCUT2D eigenvalue weighted by atomic mass is 10.2. The molecule has 0 spiro atoms. The highest BCUT2D eigenvalue weighted by Crippen LogP contribution is 2.16. The van der Waals surface area contributed by atoms with E-state index in [0.717, 1.165) is 51.0 Å². The van der Waals surface area contributed by atoms with Gasteiger partial charge in [0.15, 0.2) is 5.96 Å². The van der Waals surface area contributed by atoms with Gasteiger partial charge in [0.05, 0.1) is 31.6 Å². The second-order valence-electron chi connectivity index (χ2n) is 7.03. The summed E-state index contributed by atoms with van der Waals surface area (Å²) >= 11 is 0. The first-order valence-corrected chi connectivity index (χ1v) is 9.72. The fourth-order valence-corrected chi connectivity index (χ4v) is 3.48. The molecular formula is C18H32IN7O2. The maximum Gasteiger partial charge on any atom is 0.246 e. The van der Waals surface area contributed by atoms with Gasteiger partial charge in [-0.1, -0.05) is 0 Å². The smallest absolute Gasteiger partial charge is 0.246 e. The van der Waals surface area contributed by atoms with Crippen LogP contribution in [0.25, 0.3) is 0 Å². The molecule has 0 aliphatic carbocycles. The summed E-state index contributed by atoms with van der Waals surface area (Å²) in [7, 11) is 1.86. The topological polar surface area (TPSA) is 78.2 Å². The van der Waals surface area contributed by atoms with E-state index in [1.54, 1.807) is 15.8 Å². The number of aliphatic imine (C=N–C) groups is 1. The zero-order valence-electron chi connectivity index (χ0n) is 17.0. The van der Waals surface area contributed by atoms with Crippen LogP contribution >= 0.6 is 24.0 Å². The number of carbonyl (C=O) groups excluding carboxylic acids is 1. The predicted octanol–water partition coefficient (Wildman–Crippen LogP) is 0.373. The molecular weight excluding hydrogens is 473 g/mol. The first-order chi connectivity index (χ1) is 13.1. The predicted molar refractivity (Wildman–Crippen MR) is 120 cm³/mol. The van der Waals surface area contributed by atoms with Gasteiger partial charge >= 0.3 is 0 Å². The third-order valence-electron chi connectivity index (χ3n) is 5.01. The van der Waals surface area contributed by atoms with E-state index in [9.17, 15) is 4.79 Å². The van der Waals surface area contributed by atoms with Gasteiger partial charge < -0.3 is 19.9 Å². The molecule has 2 aliphatic heterocycles. The fraction of sp³-hybridized carbons (Fsp3) is 0.722. The zero-order chi connectivity index (χ0) is 19.2. The van der Waals surface area contributed by atoms with Gasteiger partial charge in [-0.3, -0.25) is 19.4 Å². The first-order valence-electron chi connectivity index (χ1n) is 9.72. The SMILES string of the molecule is CCNC(=NCCN1CCOCC1C)N1CCN(c2cnn(C)c2)C(=O)C1.I. The number of rotatable bonds is 5. The molecule has 10 heteroatoms. The number of guanidine groups is 1. The number of morpholine rings is 1. The van der Waals surface area contributed by atoms with Crippen LogP contribution in [-0.2, 0) is 16.6 Å². The molecule has 1 aromatic heterocycles. The summed E-state index contributed by atoms with van der Waals surface area (Å²) in [6.45, 7) is 10.9. The third-order valence-corrected chi connectivity index (χ3v) is 5.01. The van der Waals surface area contributed by atoms with Crippen molar-refractivity contribution in [3.63, 3.8) is 0 Å². The monoisotopic (exact) mass is 505 g/mol. The summed E-state index contributed by atoms with van der Waals surface area (Å²) in [5.41, 5.74) is 0.852. The lowest BCUT2D eigenvalue weighted by Crippen LogP contribution is -2.55. The number of nitrogens with zero attached hydrogens (tertiary/aromatic N) is 6. The van der Waals surface area contributed by atoms with Crippen LogP contribution in [0.5, 0.6) is 0 Å². The maximum absolute atomic E-state index is 12.6. The summed E-state index contributed by atoms with van der Waals surface area (Å²) < 4.78 is 7.20. The minimum atomic E-state index is 0. The molecule has 2 saturated heterocycles. The summed E-state index contributed by atoms with van der Waals surface area (Å²) in [5, 5.41) is 7.49. The van der Waals surface area contributed by atoms with Crippen LogP contribution in [0.2, 0.25) is 0 Å². The summed E-state index contributed by atoms with van der Waals surface area (Å²) in [6.07, 6.45) is 3.60. The van der Waals surface area contributed by atoms with Gasteiger partial charge in [0.1, 0.15) is 6.54 Å². The van der Waals surface area contributed by atoms with Crippen molar-refractivity contribution in [2.45, 2.75) is 19.9 Å². The van der Waals surface area contributed by atoms with Crippen molar-refractivity contribution in [2.75, 3.05) is 63.9 Å². The van der Waals surface area contributed by atoms with E-state index in [1.807, 2.05) is 25.1 Å². The molecule has 2 fully saturated rings. The van der Waals surface area contributed by atoms with Crippen LogP contribution in [0.15, 0.2) is 17.4 Å². The Morgan fingerprint density at radius 2 is 2.21 bits per heavy atom. The van der Waals surface area contributed by atoms with Crippen molar-refractivity contribution in [1.29, 1.82) is 0 Å². The summed E-state index contributed by atoms with van der Waals surface area (Å²) in [4.78, 5) is 23.6. The number of hydrogen-bond acceptors (Lipinski definition) is 5. The van der Waals surface area contributed by atoms with Gasteiger partial charge in [0.25, 0.3) is 0 Å². The van der Waals surface area contributed by atoms with Crippen molar-refractivity contribution in [2.24, 2.45) is 12.0 Å². The fourth-order valence-electron chi connectivity index (χ4n) is 3.48.